The molecule has 0 unspecified atom stereocenters. The van der Waals surface area contributed by atoms with Crippen LogP contribution >= 0.6 is 11.3 Å². The summed E-state index contributed by atoms with van der Waals surface area (Å²) in [5.74, 6) is 0.0473. The summed E-state index contributed by atoms with van der Waals surface area (Å²) in [7, 11) is 0. The molecular weight excluding hydrogens is 326 g/mol. The number of fused-ring (bicyclic) bond motifs is 2. The zero-order valence-electron chi connectivity index (χ0n) is 13.0. The fourth-order valence-electron chi connectivity index (χ4n) is 2.73. The fourth-order valence-corrected chi connectivity index (χ4v) is 3.53. The molecule has 1 aromatic carbocycles. The highest BCUT2D eigenvalue weighted by Gasteiger charge is 2.16. The molecule has 0 spiro atoms. The molecule has 0 saturated carbocycles. The van der Waals surface area contributed by atoms with Gasteiger partial charge in [-0.25, -0.2) is 4.52 Å². The second kappa shape index (κ2) is 5.72. The molecule has 122 valence electrons. The Bertz CT molecular complexity index is 959. The molecule has 8 heteroatoms. The van der Waals surface area contributed by atoms with Gasteiger partial charge in [-0.1, -0.05) is 0 Å². The van der Waals surface area contributed by atoms with Crippen LogP contribution in [0.25, 0.3) is 4.96 Å². The molecule has 0 aliphatic carbocycles. The van der Waals surface area contributed by atoms with Gasteiger partial charge in [-0.15, -0.1) is 16.4 Å². The van der Waals surface area contributed by atoms with Gasteiger partial charge < -0.3 is 5.32 Å². The van der Waals surface area contributed by atoms with Gasteiger partial charge in [0.1, 0.15) is 0 Å². The number of carbonyl (C=O) groups excluding carboxylic acids is 2. The van der Waals surface area contributed by atoms with E-state index in [9.17, 15) is 9.59 Å². The highest BCUT2D eigenvalue weighted by molar-refractivity contribution is 7.15. The Morgan fingerprint density at radius 2 is 2.25 bits per heavy atom. The summed E-state index contributed by atoms with van der Waals surface area (Å²) in [5.41, 5.74) is 3.26. The molecule has 0 bridgehead atoms. The van der Waals surface area contributed by atoms with E-state index in [1.54, 1.807) is 16.6 Å². The third-order valence-electron chi connectivity index (χ3n) is 3.96. The van der Waals surface area contributed by atoms with Gasteiger partial charge in [-0.05, 0) is 43.5 Å². The van der Waals surface area contributed by atoms with Gasteiger partial charge in [0.15, 0.2) is 0 Å². The van der Waals surface area contributed by atoms with E-state index in [4.69, 9.17) is 0 Å². The lowest BCUT2D eigenvalue weighted by Crippen LogP contribution is -2.14. The van der Waals surface area contributed by atoms with E-state index in [1.807, 2.05) is 18.4 Å². The Hall–Kier alpha value is -2.74. The molecule has 0 saturated heterocycles. The van der Waals surface area contributed by atoms with Crippen LogP contribution < -0.4 is 10.6 Å². The highest BCUT2D eigenvalue weighted by Crippen LogP contribution is 2.24. The highest BCUT2D eigenvalue weighted by atomic mass is 32.1. The molecule has 1 aliphatic heterocycles. The van der Waals surface area contributed by atoms with Crippen molar-refractivity contribution in [1.82, 2.24) is 14.6 Å². The quantitative estimate of drug-likeness (QED) is 0.750. The minimum Gasteiger partial charge on any atom is -0.326 e. The summed E-state index contributed by atoms with van der Waals surface area (Å²) in [6.45, 7) is 1.94. The van der Waals surface area contributed by atoms with Gasteiger partial charge in [0.2, 0.25) is 10.9 Å². The molecule has 3 aromatic rings. The topological polar surface area (TPSA) is 88.4 Å². The maximum atomic E-state index is 12.4. The first-order valence-corrected chi connectivity index (χ1v) is 8.53. The second-order valence-corrected chi connectivity index (χ2v) is 6.57. The fraction of sp³-hybridized carbons (Fsp3) is 0.250. The molecule has 0 fully saturated rings. The van der Waals surface area contributed by atoms with Crippen molar-refractivity contribution in [1.29, 1.82) is 0 Å². The first-order chi connectivity index (χ1) is 11.6. The number of aryl methyl sites for hydroxylation is 2. The van der Waals surface area contributed by atoms with Crippen molar-refractivity contribution in [2.75, 3.05) is 10.6 Å². The average molecular weight is 341 g/mol. The number of nitrogens with zero attached hydrogens (tertiary/aromatic N) is 3. The molecule has 7 nitrogen and oxygen atoms in total. The maximum Gasteiger partial charge on any atom is 0.258 e. The first kappa shape index (κ1) is 14.8. The summed E-state index contributed by atoms with van der Waals surface area (Å²) in [5, 5.41) is 11.8. The Labute approximate surface area is 141 Å². The molecule has 2 aromatic heterocycles. The molecule has 4 rings (SSSR count). The second-order valence-electron chi connectivity index (χ2n) is 5.73. The predicted molar refractivity (Wildman–Crippen MR) is 91.6 cm³/mol. The number of carbonyl (C=O) groups is 2. The van der Waals surface area contributed by atoms with Gasteiger partial charge in [0.05, 0.1) is 5.69 Å². The standard InChI is InChI=1S/C16H15N5O2S/c1-9-8-24-16-19-15(20-21(9)16)18-14(23)11-5-6-12-10(7-11)3-2-4-13(22)17-12/h5-8H,2-4H2,1H3,(H,17,22)(H,18,20,23). The number of aromatic nitrogens is 3. The number of benzene rings is 1. The monoisotopic (exact) mass is 341 g/mol. The molecule has 0 radical (unpaired) electrons. The number of nitrogens with one attached hydrogen (secondary N) is 2. The zero-order chi connectivity index (χ0) is 16.7. The van der Waals surface area contributed by atoms with Crippen LogP contribution in [-0.2, 0) is 11.2 Å². The van der Waals surface area contributed by atoms with E-state index in [1.165, 1.54) is 11.3 Å². The molecule has 0 atom stereocenters. The SMILES string of the molecule is Cc1csc2nc(NC(=O)c3ccc4c(c3)CCCC(=O)N4)nn12. The largest absolute Gasteiger partial charge is 0.326 e. The van der Waals surface area contributed by atoms with Crippen molar-refractivity contribution in [3.8, 4) is 0 Å². The van der Waals surface area contributed by atoms with E-state index in [-0.39, 0.29) is 17.8 Å². The third-order valence-corrected chi connectivity index (χ3v) is 4.90. The van der Waals surface area contributed by atoms with E-state index in [0.29, 0.717) is 12.0 Å². The predicted octanol–water partition coefficient (Wildman–Crippen LogP) is 2.63. The summed E-state index contributed by atoms with van der Waals surface area (Å²) in [4.78, 5) is 29.1. The van der Waals surface area contributed by atoms with Gasteiger partial charge in [0, 0.05) is 23.1 Å². The summed E-state index contributed by atoms with van der Waals surface area (Å²) < 4.78 is 1.70. The number of hydrogen-bond donors (Lipinski definition) is 2. The van der Waals surface area contributed by atoms with Crippen molar-refractivity contribution in [2.45, 2.75) is 26.2 Å². The molecular formula is C16H15N5O2S. The van der Waals surface area contributed by atoms with Crippen LogP contribution in [0.15, 0.2) is 23.6 Å². The smallest absolute Gasteiger partial charge is 0.258 e. The lowest BCUT2D eigenvalue weighted by Gasteiger charge is -2.08. The van der Waals surface area contributed by atoms with Gasteiger partial charge in [-0.3, -0.25) is 14.9 Å². The zero-order valence-corrected chi connectivity index (χ0v) is 13.8. The van der Waals surface area contributed by atoms with E-state index >= 15 is 0 Å². The van der Waals surface area contributed by atoms with Crippen LogP contribution in [-0.4, -0.2) is 26.4 Å². The van der Waals surface area contributed by atoms with Crippen LogP contribution in [0.2, 0.25) is 0 Å². The van der Waals surface area contributed by atoms with Crippen molar-refractivity contribution in [3.63, 3.8) is 0 Å². The summed E-state index contributed by atoms with van der Waals surface area (Å²) >= 11 is 1.48. The Morgan fingerprint density at radius 3 is 3.08 bits per heavy atom. The van der Waals surface area contributed by atoms with Gasteiger partial charge in [-0.2, -0.15) is 4.98 Å². The van der Waals surface area contributed by atoms with Crippen LogP contribution in [0.4, 0.5) is 11.6 Å². The normalized spacial score (nSPS) is 14.1. The van der Waals surface area contributed by atoms with Crippen molar-refractivity contribution in [3.05, 3.63) is 40.4 Å². The Kier molecular flexibility index (Phi) is 3.53. The number of thiazole rings is 1. The molecule has 3 heterocycles. The maximum absolute atomic E-state index is 12.4. The number of amides is 2. The van der Waals surface area contributed by atoms with Crippen LogP contribution in [0.1, 0.15) is 34.5 Å². The lowest BCUT2D eigenvalue weighted by molar-refractivity contribution is -0.116. The lowest BCUT2D eigenvalue weighted by atomic mass is 10.0. The van der Waals surface area contributed by atoms with Crippen molar-refractivity contribution in [2.24, 2.45) is 0 Å². The van der Waals surface area contributed by atoms with E-state index in [2.05, 4.69) is 20.7 Å². The molecule has 24 heavy (non-hydrogen) atoms. The van der Waals surface area contributed by atoms with Crippen molar-refractivity contribution >= 4 is 39.7 Å². The number of anilines is 2. The van der Waals surface area contributed by atoms with Crippen molar-refractivity contribution < 1.29 is 9.59 Å². The minimum atomic E-state index is -0.260. The van der Waals surface area contributed by atoms with Crippen LogP contribution in [0, 0.1) is 6.92 Å². The Balaban J connectivity index is 1.58. The molecule has 1 aliphatic rings. The number of rotatable bonds is 2. The van der Waals surface area contributed by atoms with Gasteiger partial charge in [0.25, 0.3) is 11.9 Å². The van der Waals surface area contributed by atoms with Crippen LogP contribution in [0.5, 0.6) is 0 Å². The summed E-state index contributed by atoms with van der Waals surface area (Å²) in [6.07, 6.45) is 2.06. The van der Waals surface area contributed by atoms with E-state index in [0.717, 1.165) is 34.7 Å². The first-order valence-electron chi connectivity index (χ1n) is 7.65. The van der Waals surface area contributed by atoms with Gasteiger partial charge >= 0.3 is 0 Å². The minimum absolute atomic E-state index is 0.0172. The average Bonchev–Trinajstić information content (AvgIpc) is 3.03. The van der Waals surface area contributed by atoms with E-state index < -0.39 is 0 Å². The Morgan fingerprint density at radius 1 is 1.38 bits per heavy atom. The van der Waals surface area contributed by atoms with Crippen LogP contribution in [0.3, 0.4) is 0 Å². The molecule has 2 N–H and O–H groups in total. The summed E-state index contributed by atoms with van der Waals surface area (Å²) in [6, 6.07) is 5.29. The number of hydrogen-bond acceptors (Lipinski definition) is 5. The third kappa shape index (κ3) is 2.65. The molecule has 2 amide bonds.